The minimum absolute atomic E-state index is 0.193. The third-order valence-corrected chi connectivity index (χ3v) is 2.38. The normalized spacial score (nSPS) is 23.9. The largest absolute Gasteiger partial charge is 0.298 e. The van der Waals surface area contributed by atoms with Gasteiger partial charge >= 0.3 is 0 Å². The molecule has 0 spiro atoms. The maximum Gasteiger partial charge on any atom is 0.272 e. The zero-order valence-electron chi connectivity index (χ0n) is 8.30. The Morgan fingerprint density at radius 1 is 1.53 bits per heavy atom. The Labute approximate surface area is 87.1 Å². The molecule has 0 saturated heterocycles. The molecule has 0 bridgehead atoms. The molecule has 76 valence electrons. The Hall–Kier alpha value is -1.84. The Kier molecular flexibility index (Phi) is 2.41. The van der Waals surface area contributed by atoms with Gasteiger partial charge in [0.25, 0.3) is 5.91 Å². The number of rotatable bonds is 2. The van der Waals surface area contributed by atoms with Crippen molar-refractivity contribution in [3.05, 3.63) is 23.3 Å². The van der Waals surface area contributed by atoms with E-state index in [1.807, 2.05) is 6.92 Å². The van der Waals surface area contributed by atoms with Gasteiger partial charge in [-0.25, -0.2) is 4.99 Å². The molecule has 1 amide bonds. The quantitative estimate of drug-likeness (QED) is 0.624. The Morgan fingerprint density at radius 3 is 3.00 bits per heavy atom. The topological polar surface area (TPSA) is 58.9 Å². The molecule has 0 aromatic heterocycles. The second-order valence-corrected chi connectivity index (χ2v) is 3.37. The third kappa shape index (κ3) is 1.70. The molecule has 4 heteroatoms. The molecule has 0 saturated carbocycles. The van der Waals surface area contributed by atoms with Gasteiger partial charge < -0.3 is 0 Å². The molecule has 0 fully saturated rings. The molecule has 4 nitrogen and oxygen atoms in total. The van der Waals surface area contributed by atoms with Gasteiger partial charge in [-0.1, -0.05) is 6.92 Å². The van der Waals surface area contributed by atoms with E-state index in [2.05, 4.69) is 9.98 Å². The van der Waals surface area contributed by atoms with E-state index >= 15 is 0 Å². The van der Waals surface area contributed by atoms with Gasteiger partial charge in [0.15, 0.2) is 6.29 Å². The second kappa shape index (κ2) is 3.73. The summed E-state index contributed by atoms with van der Waals surface area (Å²) in [5, 5.41) is 0. The minimum atomic E-state index is -0.220. The molecule has 2 rings (SSSR count). The van der Waals surface area contributed by atoms with Crippen LogP contribution >= 0.6 is 0 Å². The highest BCUT2D eigenvalue weighted by Crippen LogP contribution is 2.17. The van der Waals surface area contributed by atoms with E-state index in [0.717, 1.165) is 0 Å². The number of amides is 1. The van der Waals surface area contributed by atoms with Crippen LogP contribution in [0.3, 0.4) is 0 Å². The minimum Gasteiger partial charge on any atom is -0.298 e. The van der Waals surface area contributed by atoms with E-state index in [1.54, 1.807) is 12.2 Å². The number of hydrogen-bond donors (Lipinski definition) is 0. The maximum absolute atomic E-state index is 11.4. The van der Waals surface area contributed by atoms with E-state index in [1.165, 1.54) is 6.21 Å². The highest BCUT2D eigenvalue weighted by atomic mass is 16.1. The summed E-state index contributed by atoms with van der Waals surface area (Å²) in [6.07, 6.45) is 6.28. The molecule has 15 heavy (non-hydrogen) atoms. The fraction of sp³-hybridized carbons (Fsp3) is 0.273. The predicted molar refractivity (Wildman–Crippen MR) is 57.2 cm³/mol. The van der Waals surface area contributed by atoms with Crippen LogP contribution in [0.25, 0.3) is 0 Å². The van der Waals surface area contributed by atoms with Crippen LogP contribution in [0.15, 0.2) is 33.3 Å². The summed E-state index contributed by atoms with van der Waals surface area (Å²) in [6.45, 7) is 1.91. The molecule has 0 radical (unpaired) electrons. The van der Waals surface area contributed by atoms with Gasteiger partial charge in [-0.15, -0.1) is 0 Å². The van der Waals surface area contributed by atoms with Gasteiger partial charge in [0, 0.05) is 17.4 Å². The smallest absolute Gasteiger partial charge is 0.272 e. The lowest BCUT2D eigenvalue weighted by molar-refractivity contribution is -0.114. The number of carbonyl (C=O) groups is 2. The first-order chi connectivity index (χ1) is 7.24. The average molecular weight is 202 g/mol. The molecule has 1 unspecified atom stereocenters. The Morgan fingerprint density at radius 2 is 2.33 bits per heavy atom. The lowest BCUT2D eigenvalue weighted by atomic mass is 9.99. The van der Waals surface area contributed by atoms with Crippen LogP contribution in [0.2, 0.25) is 0 Å². The number of fused-ring (bicyclic) bond motifs is 1. The summed E-state index contributed by atoms with van der Waals surface area (Å²) in [7, 11) is 0. The lowest BCUT2D eigenvalue weighted by Crippen LogP contribution is -2.25. The Balaban J connectivity index is 2.36. The van der Waals surface area contributed by atoms with Crippen molar-refractivity contribution < 1.29 is 9.59 Å². The first kappa shape index (κ1) is 9.71. The fourth-order valence-electron chi connectivity index (χ4n) is 1.55. The van der Waals surface area contributed by atoms with E-state index in [4.69, 9.17) is 0 Å². The predicted octanol–water partition coefficient (Wildman–Crippen LogP) is 0.882. The number of dihydropyridines is 2. The molecule has 2 heterocycles. The molecule has 0 aromatic carbocycles. The molecule has 0 aliphatic carbocycles. The monoisotopic (exact) mass is 202 g/mol. The van der Waals surface area contributed by atoms with Gasteiger partial charge in [-0.2, -0.15) is 0 Å². The van der Waals surface area contributed by atoms with E-state index < -0.39 is 0 Å². The third-order valence-electron chi connectivity index (χ3n) is 2.38. The van der Waals surface area contributed by atoms with Crippen molar-refractivity contribution in [2.24, 2.45) is 9.98 Å². The highest BCUT2D eigenvalue weighted by Gasteiger charge is 2.23. The number of nitrogens with zero attached hydrogens (tertiary/aromatic N) is 2. The van der Waals surface area contributed by atoms with Gasteiger partial charge in [0.2, 0.25) is 0 Å². The number of hydrogen-bond acceptors (Lipinski definition) is 3. The summed E-state index contributed by atoms with van der Waals surface area (Å²) in [5.41, 5.74) is 1.69. The molecular weight excluding hydrogens is 192 g/mol. The fourth-order valence-corrected chi connectivity index (χ4v) is 1.55. The summed E-state index contributed by atoms with van der Waals surface area (Å²) >= 11 is 0. The van der Waals surface area contributed by atoms with Crippen LogP contribution < -0.4 is 0 Å². The van der Waals surface area contributed by atoms with Crippen molar-refractivity contribution in [3.8, 4) is 0 Å². The molecule has 0 aromatic rings. The van der Waals surface area contributed by atoms with Crippen molar-refractivity contribution >= 4 is 24.1 Å². The van der Waals surface area contributed by atoms with Crippen LogP contribution in [-0.4, -0.2) is 30.2 Å². The molecule has 1 atom stereocenters. The maximum atomic E-state index is 11.4. The molecular formula is C11H10N2O2. The first-order valence-electron chi connectivity index (χ1n) is 4.78. The van der Waals surface area contributed by atoms with Gasteiger partial charge in [0.1, 0.15) is 6.04 Å². The number of allylic oxidation sites excluding steroid dienone is 1. The highest BCUT2D eigenvalue weighted by molar-refractivity contribution is 6.20. The van der Waals surface area contributed by atoms with Crippen LogP contribution in [-0.2, 0) is 9.59 Å². The summed E-state index contributed by atoms with van der Waals surface area (Å²) in [6, 6.07) is -0.193. The SMILES string of the molecule is CCC1=CC2N=CC(C=O)=CC2=NC1=O. The van der Waals surface area contributed by atoms with Crippen molar-refractivity contribution in [3.63, 3.8) is 0 Å². The van der Waals surface area contributed by atoms with Gasteiger partial charge in [0.05, 0.1) is 5.71 Å². The van der Waals surface area contributed by atoms with Crippen molar-refractivity contribution in [1.29, 1.82) is 0 Å². The second-order valence-electron chi connectivity index (χ2n) is 3.37. The van der Waals surface area contributed by atoms with E-state index in [0.29, 0.717) is 29.6 Å². The zero-order valence-corrected chi connectivity index (χ0v) is 8.30. The number of aliphatic imine (C=N–C) groups is 2. The number of aldehydes is 1. The van der Waals surface area contributed by atoms with Crippen LogP contribution in [0.5, 0.6) is 0 Å². The van der Waals surface area contributed by atoms with Crippen LogP contribution in [0.4, 0.5) is 0 Å². The standard InChI is InChI=1S/C11H10N2O2/c1-2-8-4-9-10(13-11(8)15)3-7(6-14)5-12-9/h3-6,9H,2H2,1H3. The summed E-state index contributed by atoms with van der Waals surface area (Å²) < 4.78 is 0. The van der Waals surface area contributed by atoms with Gasteiger partial charge in [-0.3, -0.25) is 14.6 Å². The molecule has 2 aliphatic rings. The van der Waals surface area contributed by atoms with Crippen molar-refractivity contribution in [2.75, 3.05) is 0 Å². The summed E-state index contributed by atoms with van der Waals surface area (Å²) in [5.74, 6) is -0.220. The van der Waals surface area contributed by atoms with E-state index in [-0.39, 0.29) is 11.9 Å². The molecule has 2 aliphatic heterocycles. The average Bonchev–Trinajstić information content (AvgIpc) is 2.27. The van der Waals surface area contributed by atoms with E-state index in [9.17, 15) is 9.59 Å². The number of carbonyl (C=O) groups excluding carboxylic acids is 2. The van der Waals surface area contributed by atoms with Gasteiger partial charge in [-0.05, 0) is 18.6 Å². The van der Waals surface area contributed by atoms with Crippen molar-refractivity contribution in [1.82, 2.24) is 0 Å². The Bertz CT molecular complexity index is 442. The van der Waals surface area contributed by atoms with Crippen LogP contribution in [0.1, 0.15) is 13.3 Å². The first-order valence-corrected chi connectivity index (χ1v) is 4.78. The molecule has 0 N–H and O–H groups in total. The van der Waals surface area contributed by atoms with Crippen molar-refractivity contribution in [2.45, 2.75) is 19.4 Å². The van der Waals surface area contributed by atoms with Crippen LogP contribution in [0, 0.1) is 0 Å². The zero-order chi connectivity index (χ0) is 10.8. The lowest BCUT2D eigenvalue weighted by Gasteiger charge is -2.18. The summed E-state index contributed by atoms with van der Waals surface area (Å²) in [4.78, 5) is 30.0.